The summed E-state index contributed by atoms with van der Waals surface area (Å²) in [4.78, 5) is 0. The van der Waals surface area contributed by atoms with Crippen LogP contribution >= 0.6 is 0 Å². The molecule has 2 nitrogen and oxygen atoms in total. The fourth-order valence-corrected chi connectivity index (χ4v) is 2.90. The molecule has 0 unspecified atom stereocenters. The van der Waals surface area contributed by atoms with Crippen LogP contribution in [0.15, 0.2) is 36.5 Å². The minimum atomic E-state index is 0.328. The van der Waals surface area contributed by atoms with Gasteiger partial charge in [0.25, 0.3) is 0 Å². The molecule has 1 saturated heterocycles. The van der Waals surface area contributed by atoms with Crippen LogP contribution in [-0.2, 0) is 0 Å². The van der Waals surface area contributed by atoms with E-state index in [4.69, 9.17) is 5.11 Å². The highest BCUT2D eigenvalue weighted by molar-refractivity contribution is 5.07. The summed E-state index contributed by atoms with van der Waals surface area (Å²) in [6.45, 7) is 2.54. The van der Waals surface area contributed by atoms with E-state index in [0.717, 1.165) is 25.7 Å². The van der Waals surface area contributed by atoms with Crippen molar-refractivity contribution in [2.75, 3.05) is 6.61 Å². The van der Waals surface area contributed by atoms with Crippen molar-refractivity contribution in [2.24, 2.45) is 0 Å². The van der Waals surface area contributed by atoms with Gasteiger partial charge in [-0.1, -0.05) is 56.2 Å². The van der Waals surface area contributed by atoms with Crippen LogP contribution in [0.1, 0.15) is 71.1 Å². The van der Waals surface area contributed by atoms with Gasteiger partial charge < -0.3 is 10.4 Å². The molecule has 0 saturated carbocycles. The molecular formula is C20H35NO. The normalized spacial score (nSPS) is 23.2. The second-order valence-electron chi connectivity index (χ2n) is 6.27. The lowest BCUT2D eigenvalue weighted by Crippen LogP contribution is -2.41. The molecule has 1 aliphatic rings. The lowest BCUT2D eigenvalue weighted by Gasteiger charge is -2.29. The Morgan fingerprint density at radius 2 is 1.82 bits per heavy atom. The first-order valence-corrected chi connectivity index (χ1v) is 9.22. The number of rotatable bonds is 11. The van der Waals surface area contributed by atoms with Gasteiger partial charge in [-0.15, -0.1) is 0 Å². The minimum absolute atomic E-state index is 0.328. The molecule has 0 radical (unpaired) electrons. The Hall–Kier alpha value is -0.860. The van der Waals surface area contributed by atoms with Gasteiger partial charge in [-0.2, -0.15) is 0 Å². The molecule has 1 fully saturated rings. The van der Waals surface area contributed by atoms with Gasteiger partial charge in [-0.25, -0.2) is 0 Å². The van der Waals surface area contributed by atoms with Crippen molar-refractivity contribution in [3.63, 3.8) is 0 Å². The van der Waals surface area contributed by atoms with Crippen LogP contribution in [0.5, 0.6) is 0 Å². The molecule has 0 bridgehead atoms. The quantitative estimate of drug-likeness (QED) is 0.323. The monoisotopic (exact) mass is 305 g/mol. The molecule has 1 aliphatic heterocycles. The zero-order chi connectivity index (χ0) is 15.9. The fourth-order valence-electron chi connectivity index (χ4n) is 2.90. The van der Waals surface area contributed by atoms with Crippen molar-refractivity contribution in [3.8, 4) is 0 Å². The number of aliphatic hydroxyl groups excluding tert-OH is 1. The second-order valence-corrected chi connectivity index (χ2v) is 6.27. The third-order valence-corrected chi connectivity index (χ3v) is 4.19. The Kier molecular flexibility index (Phi) is 12.0. The smallest absolute Gasteiger partial charge is 0.0431 e. The molecule has 0 amide bonds. The van der Waals surface area contributed by atoms with E-state index in [1.54, 1.807) is 0 Å². The van der Waals surface area contributed by atoms with Crippen molar-refractivity contribution in [2.45, 2.75) is 83.2 Å². The van der Waals surface area contributed by atoms with E-state index < -0.39 is 0 Å². The van der Waals surface area contributed by atoms with Gasteiger partial charge in [0, 0.05) is 18.7 Å². The Bertz CT molecular complexity index is 333. The van der Waals surface area contributed by atoms with Gasteiger partial charge in [0.2, 0.25) is 0 Å². The first-order chi connectivity index (χ1) is 10.9. The lowest BCUT2D eigenvalue weighted by molar-refractivity contribution is 0.271. The van der Waals surface area contributed by atoms with E-state index in [1.807, 2.05) is 0 Å². The molecule has 2 heteroatoms. The fraction of sp³-hybridized carbons (Fsp3) is 0.700. The first-order valence-electron chi connectivity index (χ1n) is 9.22. The lowest BCUT2D eigenvalue weighted by atomic mass is 9.95. The average molecular weight is 306 g/mol. The zero-order valence-corrected chi connectivity index (χ0v) is 14.3. The first kappa shape index (κ1) is 19.2. The number of nitrogens with one attached hydrogen (secondary N) is 1. The Morgan fingerprint density at radius 3 is 2.64 bits per heavy atom. The van der Waals surface area contributed by atoms with Gasteiger partial charge in [0.1, 0.15) is 0 Å². The maximum atomic E-state index is 8.85. The molecule has 1 rings (SSSR count). The third-order valence-electron chi connectivity index (χ3n) is 4.19. The van der Waals surface area contributed by atoms with E-state index in [9.17, 15) is 0 Å². The van der Waals surface area contributed by atoms with Crippen molar-refractivity contribution in [1.29, 1.82) is 0 Å². The van der Waals surface area contributed by atoms with E-state index in [-0.39, 0.29) is 0 Å². The highest BCUT2D eigenvalue weighted by Crippen LogP contribution is 2.17. The summed E-state index contributed by atoms with van der Waals surface area (Å²) in [5, 5.41) is 12.6. The number of unbranched alkanes of at least 4 members (excludes halogenated alkanes) is 3. The molecular weight excluding hydrogens is 270 g/mol. The van der Waals surface area contributed by atoms with Crippen LogP contribution in [0.25, 0.3) is 0 Å². The number of hydrogen-bond acceptors (Lipinski definition) is 2. The summed E-state index contributed by atoms with van der Waals surface area (Å²) in [6.07, 6.45) is 25.4. The average Bonchev–Trinajstić information content (AvgIpc) is 2.54. The van der Waals surface area contributed by atoms with Crippen LogP contribution in [-0.4, -0.2) is 23.8 Å². The minimum Gasteiger partial charge on any atom is -0.396 e. The Labute approximate surface area is 137 Å². The highest BCUT2D eigenvalue weighted by atomic mass is 16.2. The van der Waals surface area contributed by atoms with Crippen molar-refractivity contribution in [1.82, 2.24) is 5.32 Å². The second kappa shape index (κ2) is 13.8. The predicted octanol–water partition coefficient (Wildman–Crippen LogP) is 4.91. The molecule has 2 atom stereocenters. The summed E-state index contributed by atoms with van der Waals surface area (Å²) < 4.78 is 0. The molecule has 0 aromatic rings. The number of aliphatic hydroxyl groups is 1. The van der Waals surface area contributed by atoms with E-state index in [0.29, 0.717) is 18.7 Å². The molecule has 0 aromatic carbocycles. The van der Waals surface area contributed by atoms with Gasteiger partial charge in [0.05, 0.1) is 0 Å². The number of allylic oxidation sites excluding steroid dienone is 5. The van der Waals surface area contributed by atoms with E-state index in [2.05, 4.69) is 48.7 Å². The molecule has 2 N–H and O–H groups in total. The summed E-state index contributed by atoms with van der Waals surface area (Å²) in [5.41, 5.74) is 0. The maximum absolute atomic E-state index is 8.85. The molecule has 0 aromatic heterocycles. The van der Waals surface area contributed by atoms with Gasteiger partial charge in [-0.3, -0.25) is 0 Å². The van der Waals surface area contributed by atoms with Crippen LogP contribution < -0.4 is 5.32 Å². The van der Waals surface area contributed by atoms with E-state index in [1.165, 1.54) is 38.5 Å². The zero-order valence-electron chi connectivity index (χ0n) is 14.3. The predicted molar refractivity (Wildman–Crippen MR) is 97.1 cm³/mol. The Balaban J connectivity index is 2.13. The molecule has 22 heavy (non-hydrogen) atoms. The van der Waals surface area contributed by atoms with Gasteiger partial charge in [-0.05, 0) is 51.4 Å². The van der Waals surface area contributed by atoms with Crippen LogP contribution in [0.4, 0.5) is 0 Å². The molecule has 126 valence electrons. The molecule has 0 spiro atoms. The summed E-state index contributed by atoms with van der Waals surface area (Å²) in [7, 11) is 0. The molecule has 1 heterocycles. The topological polar surface area (TPSA) is 32.3 Å². The van der Waals surface area contributed by atoms with Gasteiger partial charge >= 0.3 is 0 Å². The van der Waals surface area contributed by atoms with Crippen LogP contribution in [0.2, 0.25) is 0 Å². The summed E-state index contributed by atoms with van der Waals surface area (Å²) in [5.74, 6) is 0. The third kappa shape index (κ3) is 9.97. The van der Waals surface area contributed by atoms with Gasteiger partial charge in [0.15, 0.2) is 0 Å². The molecule has 0 aliphatic carbocycles. The highest BCUT2D eigenvalue weighted by Gasteiger charge is 2.18. The van der Waals surface area contributed by atoms with Crippen molar-refractivity contribution < 1.29 is 5.11 Å². The maximum Gasteiger partial charge on any atom is 0.0431 e. The van der Waals surface area contributed by atoms with E-state index >= 15 is 0 Å². The summed E-state index contributed by atoms with van der Waals surface area (Å²) in [6, 6.07) is 1.17. The largest absolute Gasteiger partial charge is 0.396 e. The summed E-state index contributed by atoms with van der Waals surface area (Å²) >= 11 is 0. The number of hydrogen-bond donors (Lipinski definition) is 2. The SMILES string of the molecule is CCC/C=C\CC/C=C/C=C/[C@H]1CCC[C@@H](CCCCO)N1. The van der Waals surface area contributed by atoms with Crippen molar-refractivity contribution in [3.05, 3.63) is 36.5 Å². The van der Waals surface area contributed by atoms with Crippen molar-refractivity contribution >= 4 is 0 Å². The van der Waals surface area contributed by atoms with Crippen LogP contribution in [0.3, 0.4) is 0 Å². The number of piperidine rings is 1. The Morgan fingerprint density at radius 1 is 1.00 bits per heavy atom. The van der Waals surface area contributed by atoms with Crippen LogP contribution in [0, 0.1) is 0 Å². The standard InChI is InChI=1S/C20H35NO/c1-2-3-4-5-6-7-8-9-10-14-19-16-13-17-20(21-19)15-11-12-18-22/h4-5,8-10,14,19-22H,2-3,6-7,11-13,15-18H2,1H3/b5-4-,9-8+,14-10+/t19-,20+/m0/s1.